The van der Waals surface area contributed by atoms with Crippen molar-refractivity contribution in [1.82, 2.24) is 10.0 Å². The lowest BCUT2D eigenvalue weighted by Gasteiger charge is -2.40. The van der Waals surface area contributed by atoms with Crippen molar-refractivity contribution in [1.29, 1.82) is 0 Å². The van der Waals surface area contributed by atoms with Gasteiger partial charge in [0, 0.05) is 25.5 Å². The van der Waals surface area contributed by atoms with E-state index in [4.69, 9.17) is 15.3 Å². The molecule has 0 aromatic heterocycles. The third-order valence-corrected chi connectivity index (χ3v) is 10.8. The van der Waals surface area contributed by atoms with E-state index in [2.05, 4.69) is 16.9 Å². The SMILES string of the molecule is C=C(CCCCCCN1C(=O)CC[C@@H]1/C=C/[C@@H](OC(=O)c1ccccc1OC(C)=O)C(F)(F)c1ccccc1)N=NN(N)C(c1ccccc1)(c1ccccc1)c1ccccc1. The molecule has 2 N–H and O–H groups in total. The highest BCUT2D eigenvalue weighted by Crippen LogP contribution is 2.41. The second-order valence-corrected chi connectivity index (χ2v) is 15.1. The predicted octanol–water partition coefficient (Wildman–Crippen LogP) is 10.5. The molecule has 0 aliphatic carbocycles. The van der Waals surface area contributed by atoms with Crippen LogP contribution in [-0.2, 0) is 25.8 Å². The van der Waals surface area contributed by atoms with Gasteiger partial charge in [0.1, 0.15) is 11.3 Å². The number of esters is 2. The molecule has 2 atom stereocenters. The van der Waals surface area contributed by atoms with E-state index in [-0.39, 0.29) is 29.2 Å². The van der Waals surface area contributed by atoms with Crippen LogP contribution in [0.15, 0.2) is 180 Å². The first-order valence-corrected chi connectivity index (χ1v) is 20.7. The number of carbonyl (C=O) groups is 3. The normalized spacial score (nSPS) is 14.9. The molecule has 1 aliphatic rings. The number of rotatable bonds is 20. The number of hydrogen-bond donors (Lipinski definition) is 1. The third kappa shape index (κ3) is 10.7. The third-order valence-electron chi connectivity index (χ3n) is 10.8. The Hall–Kier alpha value is -6.79. The molecule has 1 aliphatic heterocycles. The fourth-order valence-corrected chi connectivity index (χ4v) is 7.72. The summed E-state index contributed by atoms with van der Waals surface area (Å²) in [4.78, 5) is 39.6. The largest absolute Gasteiger partial charge is 0.448 e. The second-order valence-electron chi connectivity index (χ2n) is 15.1. The highest BCUT2D eigenvalue weighted by molar-refractivity contribution is 5.93. The van der Waals surface area contributed by atoms with Gasteiger partial charge in [-0.05, 0) is 60.6 Å². The molecule has 0 bridgehead atoms. The van der Waals surface area contributed by atoms with Gasteiger partial charge in [-0.1, -0.05) is 164 Å². The summed E-state index contributed by atoms with van der Waals surface area (Å²) in [6, 6.07) is 42.2. The van der Waals surface area contributed by atoms with E-state index in [0.29, 0.717) is 31.5 Å². The molecule has 5 aromatic rings. The Bertz CT molecular complexity index is 2230. The number of para-hydroxylation sites is 1. The monoisotopic (exact) mass is 839 g/mol. The van der Waals surface area contributed by atoms with Gasteiger partial charge in [0.25, 0.3) is 0 Å². The summed E-state index contributed by atoms with van der Waals surface area (Å²) in [7, 11) is 0. The van der Waals surface area contributed by atoms with Crippen molar-refractivity contribution in [2.24, 2.45) is 16.2 Å². The maximum Gasteiger partial charge on any atom is 0.342 e. The van der Waals surface area contributed by atoms with Gasteiger partial charge in [0.2, 0.25) is 5.91 Å². The molecule has 10 nitrogen and oxygen atoms in total. The second kappa shape index (κ2) is 21.1. The summed E-state index contributed by atoms with van der Waals surface area (Å²) in [6.07, 6.45) is 5.06. The molecule has 0 radical (unpaired) electrons. The van der Waals surface area contributed by atoms with Crippen LogP contribution in [0.25, 0.3) is 0 Å². The lowest BCUT2D eigenvalue weighted by Crippen LogP contribution is -2.49. The first-order chi connectivity index (χ1) is 30.0. The number of alkyl halides is 2. The van der Waals surface area contributed by atoms with Crippen LogP contribution in [-0.4, -0.2) is 46.6 Å². The molecule has 0 unspecified atom stereocenters. The average molecular weight is 840 g/mol. The Morgan fingerprint density at radius 1 is 0.806 bits per heavy atom. The number of halogens is 2. The van der Waals surface area contributed by atoms with Crippen molar-refractivity contribution in [3.05, 3.63) is 198 Å². The minimum Gasteiger partial charge on any atom is -0.448 e. The Kier molecular flexibility index (Phi) is 15.3. The lowest BCUT2D eigenvalue weighted by molar-refractivity contribution is -0.132. The van der Waals surface area contributed by atoms with Gasteiger partial charge >= 0.3 is 17.9 Å². The Morgan fingerprint density at radius 2 is 1.32 bits per heavy atom. The molecular formula is C50H51F2N5O5. The van der Waals surface area contributed by atoms with Gasteiger partial charge in [-0.3, -0.25) is 9.59 Å². The number of ether oxygens (including phenoxy) is 2. The fraction of sp³-hybridized carbons (Fsp3) is 0.260. The summed E-state index contributed by atoms with van der Waals surface area (Å²) >= 11 is 0. The molecule has 1 amide bonds. The minimum absolute atomic E-state index is 0.0731. The number of benzene rings is 5. The molecule has 1 heterocycles. The van der Waals surface area contributed by atoms with E-state index in [1.165, 1.54) is 60.6 Å². The Morgan fingerprint density at radius 3 is 1.89 bits per heavy atom. The topological polar surface area (TPSA) is 127 Å². The summed E-state index contributed by atoms with van der Waals surface area (Å²) < 4.78 is 42.7. The van der Waals surface area contributed by atoms with Crippen LogP contribution in [0.3, 0.4) is 0 Å². The maximum atomic E-state index is 16.1. The maximum absolute atomic E-state index is 16.1. The van der Waals surface area contributed by atoms with Gasteiger partial charge in [-0.15, -0.1) is 5.11 Å². The number of hydrogen-bond acceptors (Lipinski definition) is 8. The summed E-state index contributed by atoms with van der Waals surface area (Å²) in [5, 5.41) is 10.4. The zero-order valence-electron chi connectivity index (χ0n) is 34.7. The van der Waals surface area contributed by atoms with Crippen LogP contribution >= 0.6 is 0 Å². The van der Waals surface area contributed by atoms with Crippen LogP contribution in [0, 0.1) is 0 Å². The van der Waals surface area contributed by atoms with E-state index in [9.17, 15) is 14.4 Å². The van der Waals surface area contributed by atoms with Crippen molar-refractivity contribution in [3.8, 4) is 5.75 Å². The van der Waals surface area contributed by atoms with Gasteiger partial charge in [0.15, 0.2) is 11.6 Å². The molecule has 0 saturated carbocycles. The Balaban J connectivity index is 1.06. The fourth-order valence-electron chi connectivity index (χ4n) is 7.72. The number of allylic oxidation sites excluding steroid dienone is 1. The molecular weight excluding hydrogens is 789 g/mol. The number of unbranched alkanes of at least 4 members (excludes halogenated alkanes) is 3. The quantitative estimate of drug-likeness (QED) is 0.0121. The number of carbonyl (C=O) groups excluding carboxylic acids is 3. The van der Waals surface area contributed by atoms with Gasteiger partial charge in [-0.25, -0.2) is 10.6 Å². The van der Waals surface area contributed by atoms with Gasteiger partial charge in [-0.2, -0.15) is 13.9 Å². The predicted molar refractivity (Wildman–Crippen MR) is 233 cm³/mol. The summed E-state index contributed by atoms with van der Waals surface area (Å²) in [6.45, 7) is 5.75. The smallest absolute Gasteiger partial charge is 0.342 e. The Labute approximate surface area is 361 Å². The molecule has 1 fully saturated rings. The van der Waals surface area contributed by atoms with Crippen LogP contribution in [0.4, 0.5) is 8.78 Å². The lowest BCUT2D eigenvalue weighted by atomic mass is 9.77. The number of hydrazine groups is 1. The van der Waals surface area contributed by atoms with Gasteiger partial charge in [0.05, 0.1) is 11.7 Å². The molecule has 62 heavy (non-hydrogen) atoms. The van der Waals surface area contributed by atoms with Crippen molar-refractivity contribution >= 4 is 17.8 Å². The van der Waals surface area contributed by atoms with E-state index in [1.807, 2.05) is 91.0 Å². The number of likely N-dealkylation sites (tertiary alicyclic amines) is 1. The molecule has 320 valence electrons. The molecule has 12 heteroatoms. The van der Waals surface area contributed by atoms with Crippen molar-refractivity contribution in [3.63, 3.8) is 0 Å². The van der Waals surface area contributed by atoms with Crippen molar-refractivity contribution < 1.29 is 32.6 Å². The van der Waals surface area contributed by atoms with Crippen LogP contribution in [0.1, 0.15) is 84.5 Å². The van der Waals surface area contributed by atoms with Crippen molar-refractivity contribution in [2.75, 3.05) is 6.54 Å². The van der Waals surface area contributed by atoms with Crippen LogP contribution in [0.5, 0.6) is 5.75 Å². The number of nitrogens with two attached hydrogens (primary N) is 1. The minimum atomic E-state index is -3.63. The van der Waals surface area contributed by atoms with Gasteiger partial charge < -0.3 is 14.4 Å². The first kappa shape index (κ1) is 44.8. The average Bonchev–Trinajstić information content (AvgIpc) is 3.65. The van der Waals surface area contributed by atoms with E-state index >= 15 is 8.78 Å². The standard InChI is InChI=1S/C50H51F2N5O5/c1-37(54-55-57(53)49(39-22-10-5-11-23-39,40-24-12-6-13-25-40)41-26-14-7-15-27-41)21-9-3-4-20-36-56-43(33-35-47(56)59)32-34-46(50(51,52)42-28-16-8-17-29-42)62-48(60)44-30-18-19-31-45(44)61-38(2)58/h5-8,10-19,22-32,34,43,46H,1,3-4,9,20-21,33,35-36,53H2,2H3/b34-32+,55-54?/t43-,46+/m0/s1. The van der Waals surface area contributed by atoms with Crippen LogP contribution < -0.4 is 10.6 Å². The summed E-state index contributed by atoms with van der Waals surface area (Å²) in [5.41, 5.74) is 1.84. The number of amides is 1. The summed E-state index contributed by atoms with van der Waals surface area (Å²) in [5.74, 6) is 1.28. The van der Waals surface area contributed by atoms with Crippen LogP contribution in [0.2, 0.25) is 0 Å². The van der Waals surface area contributed by atoms with E-state index in [0.717, 1.165) is 42.0 Å². The number of nitrogens with zero attached hydrogens (tertiary/aromatic N) is 4. The van der Waals surface area contributed by atoms with E-state index in [1.54, 1.807) is 17.0 Å². The molecule has 0 spiro atoms. The molecule has 1 saturated heterocycles. The first-order valence-electron chi connectivity index (χ1n) is 20.7. The zero-order chi connectivity index (χ0) is 44.0. The van der Waals surface area contributed by atoms with Crippen molar-refractivity contribution in [2.45, 2.75) is 75.5 Å². The highest BCUT2D eigenvalue weighted by atomic mass is 19.3. The molecule has 5 aromatic carbocycles. The zero-order valence-corrected chi connectivity index (χ0v) is 34.7. The highest BCUT2D eigenvalue weighted by Gasteiger charge is 2.44. The molecule has 6 rings (SSSR count). The van der Waals surface area contributed by atoms with E-state index < -0.39 is 35.5 Å².